The summed E-state index contributed by atoms with van der Waals surface area (Å²) < 4.78 is 19.8. The lowest BCUT2D eigenvalue weighted by Crippen LogP contribution is -2.27. The number of hydrogen-bond acceptors (Lipinski definition) is 4. The number of phenols is 1. The Labute approximate surface area is 149 Å². The van der Waals surface area contributed by atoms with Crippen molar-refractivity contribution in [1.29, 1.82) is 0 Å². The van der Waals surface area contributed by atoms with E-state index in [1.54, 1.807) is 30.6 Å². The number of halogens is 1. The number of rotatable bonds is 6. The van der Waals surface area contributed by atoms with Crippen molar-refractivity contribution in [2.45, 2.75) is 6.54 Å². The maximum atomic E-state index is 12.9. The number of methoxy groups -OCH3 is 1. The van der Waals surface area contributed by atoms with E-state index in [9.17, 15) is 14.3 Å². The van der Waals surface area contributed by atoms with Crippen molar-refractivity contribution in [3.63, 3.8) is 0 Å². The quantitative estimate of drug-likeness (QED) is 0.713. The van der Waals surface area contributed by atoms with E-state index in [1.807, 2.05) is 4.57 Å². The summed E-state index contributed by atoms with van der Waals surface area (Å²) in [5, 5.41) is 12.7. The van der Waals surface area contributed by atoms with E-state index in [1.165, 1.54) is 31.4 Å². The minimum absolute atomic E-state index is 0.0316. The first-order chi connectivity index (χ1) is 12.6. The average molecular weight is 355 g/mol. The topological polar surface area (TPSA) is 76.4 Å². The number of phenolic OH excluding ortho intramolecular Hbond substituents is 1. The fraction of sp³-hybridized carbons (Fsp3) is 0.158. The van der Waals surface area contributed by atoms with Gasteiger partial charge in [-0.2, -0.15) is 0 Å². The summed E-state index contributed by atoms with van der Waals surface area (Å²) in [6, 6.07) is 10.4. The fourth-order valence-corrected chi connectivity index (χ4v) is 2.57. The fourth-order valence-electron chi connectivity index (χ4n) is 2.57. The predicted molar refractivity (Wildman–Crippen MR) is 94.6 cm³/mol. The molecule has 0 bridgehead atoms. The number of carbonyl (C=O) groups is 1. The zero-order valence-electron chi connectivity index (χ0n) is 14.1. The molecule has 0 unspecified atom stereocenters. The highest BCUT2D eigenvalue weighted by Crippen LogP contribution is 2.30. The molecule has 0 saturated carbocycles. The van der Waals surface area contributed by atoms with Crippen LogP contribution in [-0.2, 0) is 6.54 Å². The number of aromatic hydroxyl groups is 1. The van der Waals surface area contributed by atoms with Crippen LogP contribution in [0.5, 0.6) is 11.5 Å². The maximum Gasteiger partial charge on any atom is 0.251 e. The van der Waals surface area contributed by atoms with Crippen molar-refractivity contribution in [3.8, 4) is 22.9 Å². The van der Waals surface area contributed by atoms with Crippen molar-refractivity contribution >= 4 is 5.91 Å². The standard InChI is InChI=1S/C19H18FN3O3/c1-26-17-7-4-14(12-16(17)24)18-21-8-10-23(18)11-9-22-19(25)13-2-5-15(20)6-3-13/h2-8,10,12,24H,9,11H2,1H3,(H,22,25). The Balaban J connectivity index is 1.65. The third-order valence-corrected chi connectivity index (χ3v) is 3.90. The van der Waals surface area contributed by atoms with E-state index in [2.05, 4.69) is 10.3 Å². The molecule has 1 aromatic heterocycles. The molecule has 3 aromatic rings. The minimum atomic E-state index is -0.382. The SMILES string of the molecule is COc1ccc(-c2nccn2CCNC(=O)c2ccc(F)cc2)cc1O. The third-order valence-electron chi connectivity index (χ3n) is 3.90. The molecule has 0 spiro atoms. The lowest BCUT2D eigenvalue weighted by molar-refractivity contribution is 0.0952. The molecular formula is C19H18FN3O3. The Morgan fingerprint density at radius 1 is 1.27 bits per heavy atom. The van der Waals surface area contributed by atoms with Gasteiger partial charge < -0.3 is 19.7 Å². The molecule has 0 saturated heterocycles. The highest BCUT2D eigenvalue weighted by molar-refractivity contribution is 5.94. The number of nitrogens with one attached hydrogen (secondary N) is 1. The van der Waals surface area contributed by atoms with Crippen molar-refractivity contribution in [2.75, 3.05) is 13.7 Å². The summed E-state index contributed by atoms with van der Waals surface area (Å²) in [5.74, 6) is 0.433. The molecule has 2 aromatic carbocycles. The van der Waals surface area contributed by atoms with Crippen LogP contribution in [0, 0.1) is 5.82 Å². The lowest BCUT2D eigenvalue weighted by atomic mass is 10.2. The van der Waals surface area contributed by atoms with Crippen molar-refractivity contribution in [3.05, 3.63) is 66.2 Å². The van der Waals surface area contributed by atoms with Gasteiger partial charge in [-0.1, -0.05) is 0 Å². The van der Waals surface area contributed by atoms with Crippen molar-refractivity contribution in [1.82, 2.24) is 14.9 Å². The molecule has 2 N–H and O–H groups in total. The highest BCUT2D eigenvalue weighted by Gasteiger charge is 2.10. The second kappa shape index (κ2) is 7.69. The van der Waals surface area contributed by atoms with Gasteiger partial charge in [-0.25, -0.2) is 9.37 Å². The van der Waals surface area contributed by atoms with Crippen LogP contribution in [0.4, 0.5) is 4.39 Å². The summed E-state index contributed by atoms with van der Waals surface area (Å²) in [6.45, 7) is 0.872. The van der Waals surface area contributed by atoms with Gasteiger partial charge in [0.1, 0.15) is 11.6 Å². The number of hydrogen-bond donors (Lipinski definition) is 2. The molecule has 0 aliphatic carbocycles. The molecule has 1 amide bonds. The molecule has 3 rings (SSSR count). The predicted octanol–water partition coefficient (Wildman–Crippen LogP) is 2.83. The molecule has 1 heterocycles. The van der Waals surface area contributed by atoms with Gasteiger partial charge in [0.15, 0.2) is 11.5 Å². The van der Waals surface area contributed by atoms with Crippen LogP contribution in [0.2, 0.25) is 0 Å². The third kappa shape index (κ3) is 3.83. The number of ether oxygens (including phenoxy) is 1. The first kappa shape index (κ1) is 17.5. The van der Waals surface area contributed by atoms with Crippen LogP contribution >= 0.6 is 0 Å². The first-order valence-electron chi connectivity index (χ1n) is 8.01. The average Bonchev–Trinajstić information content (AvgIpc) is 3.10. The highest BCUT2D eigenvalue weighted by atomic mass is 19.1. The first-order valence-corrected chi connectivity index (χ1v) is 8.01. The van der Waals surface area contributed by atoms with Gasteiger partial charge in [0.05, 0.1) is 7.11 Å². The lowest BCUT2D eigenvalue weighted by Gasteiger charge is -2.10. The minimum Gasteiger partial charge on any atom is -0.504 e. The number of nitrogens with zero attached hydrogens (tertiary/aromatic N) is 2. The molecule has 6 nitrogen and oxygen atoms in total. The Morgan fingerprint density at radius 2 is 2.04 bits per heavy atom. The molecule has 0 radical (unpaired) electrons. The summed E-state index contributed by atoms with van der Waals surface area (Å²) in [4.78, 5) is 16.4. The van der Waals surface area contributed by atoms with E-state index in [0.717, 1.165) is 5.56 Å². The van der Waals surface area contributed by atoms with E-state index in [4.69, 9.17) is 4.74 Å². The largest absolute Gasteiger partial charge is 0.504 e. The Hall–Kier alpha value is -3.35. The van der Waals surface area contributed by atoms with Crippen LogP contribution in [-0.4, -0.2) is 34.2 Å². The smallest absolute Gasteiger partial charge is 0.251 e. The van der Waals surface area contributed by atoms with E-state index >= 15 is 0 Å². The Kier molecular flexibility index (Phi) is 5.17. The van der Waals surface area contributed by atoms with Gasteiger partial charge in [-0.15, -0.1) is 0 Å². The van der Waals surface area contributed by atoms with Crippen LogP contribution < -0.4 is 10.1 Å². The number of benzene rings is 2. The molecule has 0 atom stereocenters. The second-order valence-corrected chi connectivity index (χ2v) is 5.59. The van der Waals surface area contributed by atoms with Gasteiger partial charge in [-0.3, -0.25) is 4.79 Å². The van der Waals surface area contributed by atoms with Gasteiger partial charge in [0, 0.05) is 36.6 Å². The van der Waals surface area contributed by atoms with Gasteiger partial charge in [0.2, 0.25) is 0 Å². The molecule has 0 aliphatic heterocycles. The van der Waals surface area contributed by atoms with Crippen LogP contribution in [0.25, 0.3) is 11.4 Å². The van der Waals surface area contributed by atoms with E-state index < -0.39 is 0 Å². The molecule has 0 aliphatic rings. The van der Waals surface area contributed by atoms with Gasteiger partial charge in [0.25, 0.3) is 5.91 Å². The normalized spacial score (nSPS) is 10.5. The molecule has 26 heavy (non-hydrogen) atoms. The molecule has 0 fully saturated rings. The van der Waals surface area contributed by atoms with E-state index in [0.29, 0.717) is 30.2 Å². The van der Waals surface area contributed by atoms with Crippen molar-refractivity contribution in [2.24, 2.45) is 0 Å². The zero-order chi connectivity index (χ0) is 18.5. The van der Waals surface area contributed by atoms with Gasteiger partial charge >= 0.3 is 0 Å². The number of amides is 1. The van der Waals surface area contributed by atoms with Crippen LogP contribution in [0.1, 0.15) is 10.4 Å². The molecule has 134 valence electrons. The molecule has 7 heteroatoms. The zero-order valence-corrected chi connectivity index (χ0v) is 14.1. The number of imidazole rings is 1. The van der Waals surface area contributed by atoms with Gasteiger partial charge in [-0.05, 0) is 42.5 Å². The summed E-state index contributed by atoms with van der Waals surface area (Å²) in [6.07, 6.45) is 3.44. The summed E-state index contributed by atoms with van der Waals surface area (Å²) in [7, 11) is 1.49. The number of carbonyl (C=O) groups excluding carboxylic acids is 1. The second-order valence-electron chi connectivity index (χ2n) is 5.59. The van der Waals surface area contributed by atoms with Crippen molar-refractivity contribution < 1.29 is 19.0 Å². The Morgan fingerprint density at radius 3 is 2.73 bits per heavy atom. The number of aromatic nitrogens is 2. The Bertz CT molecular complexity index is 907. The monoisotopic (exact) mass is 355 g/mol. The van der Waals surface area contributed by atoms with E-state index in [-0.39, 0.29) is 17.5 Å². The summed E-state index contributed by atoms with van der Waals surface area (Å²) >= 11 is 0. The van der Waals surface area contributed by atoms with Crippen LogP contribution in [0.3, 0.4) is 0 Å². The van der Waals surface area contributed by atoms with Crippen LogP contribution in [0.15, 0.2) is 54.9 Å². The maximum absolute atomic E-state index is 12.9. The molecular weight excluding hydrogens is 337 g/mol. The summed E-state index contributed by atoms with van der Waals surface area (Å²) in [5.41, 5.74) is 1.13.